The van der Waals surface area contributed by atoms with Crippen LogP contribution in [0.5, 0.6) is 5.75 Å². The van der Waals surface area contributed by atoms with E-state index in [-0.39, 0.29) is 5.75 Å². The van der Waals surface area contributed by atoms with E-state index in [1.807, 2.05) is 0 Å². The molecule has 0 aromatic heterocycles. The van der Waals surface area contributed by atoms with Crippen LogP contribution in [0.4, 0.5) is 4.39 Å². The number of benzene rings is 1. The van der Waals surface area contributed by atoms with E-state index in [9.17, 15) is 14.1 Å². The maximum absolute atomic E-state index is 12.8. The van der Waals surface area contributed by atoms with Gasteiger partial charge >= 0.3 is 7.60 Å². The highest BCUT2D eigenvalue weighted by Gasteiger charge is 2.05. The minimum absolute atomic E-state index is 0.00429. The summed E-state index contributed by atoms with van der Waals surface area (Å²) in [6.45, 7) is 0. The third-order valence-electron chi connectivity index (χ3n) is 1.76. The highest BCUT2D eigenvalue weighted by Crippen LogP contribution is 2.36. The number of rotatable bonds is 5. The molecule has 94 valence electrons. The second-order valence-electron chi connectivity index (χ2n) is 3.22. The first-order chi connectivity index (χ1) is 7.88. The van der Waals surface area contributed by atoms with Gasteiger partial charge in [-0.1, -0.05) is 6.08 Å². The van der Waals surface area contributed by atoms with E-state index in [1.54, 1.807) is 0 Å². The molecular weight excluding hydrogens is 266 g/mol. The molecule has 17 heavy (non-hydrogen) atoms. The lowest BCUT2D eigenvalue weighted by Gasteiger charge is -2.02. The van der Waals surface area contributed by atoms with Crippen LogP contribution in [0.3, 0.4) is 0 Å². The number of phenolic OH excluding ortho intramolecular Hbond substituents is 1. The Hall–Kier alpha value is -0.810. The van der Waals surface area contributed by atoms with E-state index in [4.69, 9.17) is 9.79 Å². The van der Waals surface area contributed by atoms with Crippen molar-refractivity contribution in [3.63, 3.8) is 0 Å². The summed E-state index contributed by atoms with van der Waals surface area (Å²) < 4.78 is 23.3. The molecule has 0 spiro atoms. The van der Waals surface area contributed by atoms with Gasteiger partial charge in [0.2, 0.25) is 0 Å². The Morgan fingerprint density at radius 2 is 2.12 bits per heavy atom. The highest BCUT2D eigenvalue weighted by atomic mass is 32.2. The third kappa shape index (κ3) is 5.89. The van der Waals surface area contributed by atoms with Gasteiger partial charge in [0, 0.05) is 11.6 Å². The molecule has 0 radical (unpaired) electrons. The number of halogens is 1. The van der Waals surface area contributed by atoms with E-state index in [1.165, 1.54) is 30.0 Å². The maximum Gasteiger partial charge on any atom is 0.348 e. The number of thioether (sulfide) groups is 1. The van der Waals surface area contributed by atoms with Crippen molar-refractivity contribution in [3.05, 3.63) is 35.9 Å². The van der Waals surface area contributed by atoms with Gasteiger partial charge in [0.05, 0.1) is 4.90 Å². The third-order valence-corrected chi connectivity index (χ3v) is 3.44. The number of allylic oxidation sites excluding steroid dienone is 1. The molecule has 3 N–H and O–H groups in total. The van der Waals surface area contributed by atoms with Gasteiger partial charge in [0.15, 0.2) is 0 Å². The average molecular weight is 278 g/mol. The van der Waals surface area contributed by atoms with E-state index in [0.717, 1.165) is 11.9 Å². The smallest absolute Gasteiger partial charge is 0.348 e. The molecule has 0 aliphatic rings. The number of phenols is 1. The predicted molar refractivity (Wildman–Crippen MR) is 64.6 cm³/mol. The summed E-state index contributed by atoms with van der Waals surface area (Å²) in [6, 6.07) is 3.64. The van der Waals surface area contributed by atoms with Gasteiger partial charge in [-0.25, -0.2) is 4.39 Å². The number of hydrogen-bond acceptors (Lipinski definition) is 3. The lowest BCUT2D eigenvalue weighted by molar-refractivity contribution is 0.386. The van der Waals surface area contributed by atoms with Gasteiger partial charge in [-0.3, -0.25) is 4.57 Å². The van der Waals surface area contributed by atoms with Gasteiger partial charge in [-0.15, -0.1) is 11.8 Å². The molecule has 0 aliphatic carbocycles. The Morgan fingerprint density at radius 3 is 2.76 bits per heavy atom. The maximum atomic E-state index is 12.8. The quantitative estimate of drug-likeness (QED) is 0.438. The van der Waals surface area contributed by atoms with Gasteiger partial charge in [0.1, 0.15) is 11.6 Å². The number of aromatic hydroxyl groups is 1. The Balaban J connectivity index is 2.44. The van der Waals surface area contributed by atoms with E-state index >= 15 is 0 Å². The highest BCUT2D eigenvalue weighted by molar-refractivity contribution is 7.99. The van der Waals surface area contributed by atoms with Crippen molar-refractivity contribution in [1.29, 1.82) is 0 Å². The lowest BCUT2D eigenvalue weighted by atomic mass is 10.3. The fraction of sp³-hybridized carbons (Fsp3) is 0.200. The number of hydrogen-bond donors (Lipinski definition) is 3. The Kier molecular flexibility index (Phi) is 5.21. The minimum Gasteiger partial charge on any atom is -0.507 e. The summed E-state index contributed by atoms with van der Waals surface area (Å²) in [5, 5.41) is 9.39. The van der Waals surface area contributed by atoms with Crippen molar-refractivity contribution in [2.75, 3.05) is 5.75 Å². The molecule has 0 atom stereocenters. The summed E-state index contributed by atoms with van der Waals surface area (Å²) in [7, 11) is -4.09. The molecule has 0 unspecified atom stereocenters. The lowest BCUT2D eigenvalue weighted by Crippen LogP contribution is -1.81. The zero-order chi connectivity index (χ0) is 12.9. The predicted octanol–water partition coefficient (Wildman–Crippen LogP) is 2.70. The second kappa shape index (κ2) is 6.21. The van der Waals surface area contributed by atoms with Crippen LogP contribution in [0.2, 0.25) is 0 Å². The molecule has 0 saturated carbocycles. The van der Waals surface area contributed by atoms with Crippen LogP contribution in [0.15, 0.2) is 35.0 Å². The summed E-state index contributed by atoms with van der Waals surface area (Å²) in [6.07, 6.45) is 1.79. The van der Waals surface area contributed by atoms with Gasteiger partial charge in [-0.2, -0.15) is 0 Å². The Morgan fingerprint density at radius 1 is 1.41 bits per heavy atom. The van der Waals surface area contributed by atoms with Crippen LogP contribution in [0.25, 0.3) is 0 Å². The Bertz CT molecular complexity index is 458. The zero-order valence-electron chi connectivity index (χ0n) is 8.78. The molecule has 7 heteroatoms. The largest absolute Gasteiger partial charge is 0.507 e. The normalized spacial score (nSPS) is 12.2. The van der Waals surface area contributed by atoms with E-state index in [2.05, 4.69) is 0 Å². The summed E-state index contributed by atoms with van der Waals surface area (Å²) >= 11 is 1.22. The molecule has 0 bridgehead atoms. The van der Waals surface area contributed by atoms with Crippen LogP contribution in [0.1, 0.15) is 6.42 Å². The standard InChI is InChI=1S/C10H12FO4PS/c11-8-3-4-9(12)10(7-8)17-6-2-1-5-16(13,14)15/h1,3-5,7,12H,2,6H2,(H2,13,14,15)/b5-1+. The first-order valence-electron chi connectivity index (χ1n) is 4.73. The fourth-order valence-corrected chi connectivity index (χ4v) is 2.36. The fourth-order valence-electron chi connectivity index (χ4n) is 1.05. The molecule has 4 nitrogen and oxygen atoms in total. The van der Waals surface area contributed by atoms with E-state index < -0.39 is 13.4 Å². The Labute approximate surface area is 102 Å². The molecule has 1 rings (SSSR count). The summed E-state index contributed by atoms with van der Waals surface area (Å²) in [5.41, 5.74) is 0. The molecule has 0 fully saturated rings. The molecule has 1 aromatic carbocycles. The monoisotopic (exact) mass is 278 g/mol. The van der Waals surface area contributed by atoms with E-state index in [0.29, 0.717) is 17.1 Å². The van der Waals surface area contributed by atoms with Gasteiger partial charge in [0.25, 0.3) is 0 Å². The van der Waals surface area contributed by atoms with Crippen molar-refractivity contribution in [2.45, 2.75) is 11.3 Å². The minimum atomic E-state index is -4.09. The topological polar surface area (TPSA) is 77.8 Å². The van der Waals surface area contributed by atoms with Crippen molar-refractivity contribution in [3.8, 4) is 5.75 Å². The van der Waals surface area contributed by atoms with Crippen molar-refractivity contribution in [2.24, 2.45) is 0 Å². The van der Waals surface area contributed by atoms with Crippen molar-refractivity contribution < 1.29 is 23.8 Å². The first-order valence-corrected chi connectivity index (χ1v) is 7.39. The SMILES string of the molecule is O=P(O)(O)/C=C/CCSc1cc(F)ccc1O. The molecule has 0 amide bonds. The van der Waals surface area contributed by atoms with Crippen LogP contribution in [-0.4, -0.2) is 20.6 Å². The second-order valence-corrected chi connectivity index (χ2v) is 5.84. The molecule has 0 heterocycles. The van der Waals surface area contributed by atoms with Crippen LogP contribution in [-0.2, 0) is 4.57 Å². The zero-order valence-corrected chi connectivity index (χ0v) is 10.5. The summed E-state index contributed by atoms with van der Waals surface area (Å²) in [4.78, 5) is 17.5. The van der Waals surface area contributed by atoms with Crippen molar-refractivity contribution >= 4 is 19.4 Å². The van der Waals surface area contributed by atoms with Crippen molar-refractivity contribution in [1.82, 2.24) is 0 Å². The first kappa shape index (κ1) is 14.3. The average Bonchev–Trinajstić information content (AvgIpc) is 2.21. The van der Waals surface area contributed by atoms with Gasteiger partial charge in [-0.05, 0) is 24.6 Å². The van der Waals surface area contributed by atoms with Gasteiger partial charge < -0.3 is 14.9 Å². The van der Waals surface area contributed by atoms with Crippen LogP contribution in [0, 0.1) is 5.82 Å². The van der Waals surface area contributed by atoms with Crippen LogP contribution >= 0.6 is 19.4 Å². The molecule has 0 saturated heterocycles. The molecule has 1 aromatic rings. The van der Waals surface area contributed by atoms with Crippen LogP contribution < -0.4 is 0 Å². The molecular formula is C10H12FO4PS. The molecule has 0 aliphatic heterocycles. The summed E-state index contributed by atoms with van der Waals surface area (Å²) in [5.74, 6) is 0.887.